The van der Waals surface area contributed by atoms with Crippen molar-refractivity contribution >= 4 is 17.5 Å². The summed E-state index contributed by atoms with van der Waals surface area (Å²) < 4.78 is 11.1. The minimum atomic E-state index is -1.95. The number of ether oxygens (including phenoxy) is 2. The van der Waals surface area contributed by atoms with Crippen LogP contribution in [0.2, 0.25) is 0 Å². The highest BCUT2D eigenvalue weighted by Gasteiger charge is 2.63. The highest BCUT2D eigenvalue weighted by molar-refractivity contribution is 6.38. The van der Waals surface area contributed by atoms with E-state index in [0.29, 0.717) is 6.61 Å². The summed E-state index contributed by atoms with van der Waals surface area (Å²) in [6.07, 6.45) is -0.901. The maximum absolute atomic E-state index is 13.1. The fourth-order valence-corrected chi connectivity index (χ4v) is 2.95. The summed E-state index contributed by atoms with van der Waals surface area (Å²) in [5.41, 5.74) is -1.43. The van der Waals surface area contributed by atoms with Gasteiger partial charge in [-0.1, -0.05) is 52.0 Å². The van der Waals surface area contributed by atoms with Crippen molar-refractivity contribution in [2.24, 2.45) is 17.3 Å². The second-order valence-electron chi connectivity index (χ2n) is 7.37. The first-order valence-electron chi connectivity index (χ1n) is 8.70. The van der Waals surface area contributed by atoms with Crippen molar-refractivity contribution < 1.29 is 23.9 Å². The van der Waals surface area contributed by atoms with Crippen molar-refractivity contribution in [1.82, 2.24) is 0 Å². The van der Waals surface area contributed by atoms with E-state index in [2.05, 4.69) is 0 Å². The third-order valence-electron chi connectivity index (χ3n) is 4.29. The standard InChI is InChI=1S/C20H26O5/c1-12(2)10-24-14(5)20(19(23)25-11-13(3)4)17(21)15-8-6-7-9-16(15)18(20)22/h6-9,12-14H,10-11H2,1-5H3. The van der Waals surface area contributed by atoms with Gasteiger partial charge in [0.2, 0.25) is 5.41 Å². The largest absolute Gasteiger partial charge is 0.464 e. The molecule has 136 valence electrons. The molecule has 25 heavy (non-hydrogen) atoms. The number of carbonyl (C=O) groups excluding carboxylic acids is 3. The number of carbonyl (C=O) groups is 3. The Labute approximate surface area is 148 Å². The van der Waals surface area contributed by atoms with Crippen LogP contribution in [0.1, 0.15) is 55.3 Å². The van der Waals surface area contributed by atoms with E-state index in [9.17, 15) is 14.4 Å². The average Bonchev–Trinajstić information content (AvgIpc) is 2.80. The van der Waals surface area contributed by atoms with Gasteiger partial charge in [-0.15, -0.1) is 0 Å². The van der Waals surface area contributed by atoms with Gasteiger partial charge in [-0.25, -0.2) is 0 Å². The Morgan fingerprint density at radius 3 is 1.84 bits per heavy atom. The average molecular weight is 346 g/mol. The van der Waals surface area contributed by atoms with Crippen LogP contribution in [-0.2, 0) is 14.3 Å². The molecule has 0 aromatic heterocycles. The van der Waals surface area contributed by atoms with Crippen LogP contribution in [0.3, 0.4) is 0 Å². The molecule has 0 saturated carbocycles. The molecule has 0 aliphatic heterocycles. The monoisotopic (exact) mass is 346 g/mol. The van der Waals surface area contributed by atoms with Crippen LogP contribution < -0.4 is 0 Å². The lowest BCUT2D eigenvalue weighted by atomic mass is 9.77. The highest BCUT2D eigenvalue weighted by atomic mass is 16.5. The number of fused-ring (bicyclic) bond motifs is 1. The van der Waals surface area contributed by atoms with Crippen LogP contribution in [-0.4, -0.2) is 36.9 Å². The molecule has 1 unspecified atom stereocenters. The highest BCUT2D eigenvalue weighted by Crippen LogP contribution is 2.42. The topological polar surface area (TPSA) is 69.7 Å². The van der Waals surface area contributed by atoms with Crippen LogP contribution in [0.25, 0.3) is 0 Å². The molecule has 0 radical (unpaired) electrons. The van der Waals surface area contributed by atoms with Gasteiger partial charge < -0.3 is 9.47 Å². The summed E-state index contributed by atoms with van der Waals surface area (Å²) in [6, 6.07) is 6.50. The minimum Gasteiger partial charge on any atom is -0.464 e. The van der Waals surface area contributed by atoms with Gasteiger partial charge in [0, 0.05) is 17.7 Å². The number of ketones is 2. The van der Waals surface area contributed by atoms with Crippen LogP contribution in [0.5, 0.6) is 0 Å². The number of esters is 1. The zero-order chi connectivity index (χ0) is 18.8. The van der Waals surface area contributed by atoms with Crippen molar-refractivity contribution in [3.63, 3.8) is 0 Å². The fraction of sp³-hybridized carbons (Fsp3) is 0.550. The molecular weight excluding hydrogens is 320 g/mol. The summed E-state index contributed by atoms with van der Waals surface area (Å²) in [6.45, 7) is 9.80. The number of Topliss-reactive ketones (excluding diaryl/α,β-unsaturated/α-hetero) is 2. The Balaban J connectivity index is 2.45. The second-order valence-corrected chi connectivity index (χ2v) is 7.37. The second kappa shape index (κ2) is 7.48. The van der Waals surface area contributed by atoms with E-state index in [-0.39, 0.29) is 29.6 Å². The Hall–Kier alpha value is -2.01. The van der Waals surface area contributed by atoms with E-state index >= 15 is 0 Å². The molecular formula is C20H26O5. The van der Waals surface area contributed by atoms with Crippen molar-refractivity contribution in [2.45, 2.75) is 40.7 Å². The van der Waals surface area contributed by atoms with Gasteiger partial charge >= 0.3 is 5.97 Å². The van der Waals surface area contributed by atoms with Gasteiger partial charge in [-0.3, -0.25) is 14.4 Å². The predicted molar refractivity (Wildman–Crippen MR) is 93.6 cm³/mol. The van der Waals surface area contributed by atoms with Crippen LogP contribution in [0.4, 0.5) is 0 Å². The summed E-state index contributed by atoms with van der Waals surface area (Å²) in [4.78, 5) is 39.1. The minimum absolute atomic E-state index is 0.0990. The number of rotatable bonds is 7. The molecule has 0 bridgehead atoms. The maximum Gasteiger partial charge on any atom is 0.330 e. The van der Waals surface area contributed by atoms with Gasteiger partial charge in [0.25, 0.3) is 0 Å². The van der Waals surface area contributed by atoms with E-state index in [0.717, 1.165) is 0 Å². The maximum atomic E-state index is 13.1. The molecule has 0 saturated heterocycles. The van der Waals surface area contributed by atoms with Crippen molar-refractivity contribution in [3.8, 4) is 0 Å². The summed E-state index contributed by atoms with van der Waals surface area (Å²) in [5.74, 6) is -1.57. The molecule has 0 N–H and O–H groups in total. The van der Waals surface area contributed by atoms with E-state index in [1.807, 2.05) is 27.7 Å². The lowest BCUT2D eigenvalue weighted by Gasteiger charge is -2.30. The van der Waals surface area contributed by atoms with Gasteiger partial charge in [0.15, 0.2) is 11.6 Å². The molecule has 1 aliphatic rings. The van der Waals surface area contributed by atoms with Crippen molar-refractivity contribution in [1.29, 1.82) is 0 Å². The SMILES string of the molecule is CC(C)COC(=O)C1(C(C)OCC(C)C)C(=O)c2ccccc2C1=O. The molecule has 1 atom stereocenters. The molecule has 0 fully saturated rings. The van der Waals surface area contributed by atoms with Gasteiger partial charge in [-0.2, -0.15) is 0 Å². The van der Waals surface area contributed by atoms with Gasteiger partial charge in [0.05, 0.1) is 12.7 Å². The van der Waals surface area contributed by atoms with Crippen molar-refractivity contribution in [3.05, 3.63) is 35.4 Å². The summed E-state index contributed by atoms with van der Waals surface area (Å²) in [5, 5.41) is 0. The number of benzene rings is 1. The first-order valence-corrected chi connectivity index (χ1v) is 8.70. The third-order valence-corrected chi connectivity index (χ3v) is 4.29. The van der Waals surface area contributed by atoms with E-state index < -0.39 is 29.1 Å². The Morgan fingerprint density at radius 2 is 1.40 bits per heavy atom. The molecule has 1 aromatic rings. The van der Waals surface area contributed by atoms with E-state index in [4.69, 9.17) is 9.47 Å². The molecule has 1 aromatic carbocycles. The van der Waals surface area contributed by atoms with Gasteiger partial charge in [-0.05, 0) is 18.8 Å². The Bertz CT molecular complexity index is 639. The smallest absolute Gasteiger partial charge is 0.330 e. The zero-order valence-electron chi connectivity index (χ0n) is 15.5. The normalized spacial score (nSPS) is 17.1. The van der Waals surface area contributed by atoms with Gasteiger partial charge in [0.1, 0.15) is 0 Å². The first kappa shape index (κ1) is 19.3. The van der Waals surface area contributed by atoms with Crippen LogP contribution in [0.15, 0.2) is 24.3 Å². The van der Waals surface area contributed by atoms with Crippen LogP contribution in [0, 0.1) is 17.3 Å². The van der Waals surface area contributed by atoms with E-state index in [1.165, 1.54) is 0 Å². The summed E-state index contributed by atoms with van der Waals surface area (Å²) >= 11 is 0. The lowest BCUT2D eigenvalue weighted by Crippen LogP contribution is -2.52. The number of hydrogen-bond donors (Lipinski definition) is 0. The third kappa shape index (κ3) is 3.38. The van der Waals surface area contributed by atoms with Crippen molar-refractivity contribution in [2.75, 3.05) is 13.2 Å². The van der Waals surface area contributed by atoms with Crippen LogP contribution >= 0.6 is 0 Å². The quantitative estimate of drug-likeness (QED) is 0.559. The Kier molecular flexibility index (Phi) is 5.78. The summed E-state index contributed by atoms with van der Waals surface area (Å²) in [7, 11) is 0. The molecule has 0 spiro atoms. The fourth-order valence-electron chi connectivity index (χ4n) is 2.95. The van der Waals surface area contributed by atoms with E-state index in [1.54, 1.807) is 31.2 Å². The Morgan fingerprint density at radius 1 is 0.920 bits per heavy atom. The molecule has 0 heterocycles. The molecule has 5 nitrogen and oxygen atoms in total. The molecule has 5 heteroatoms. The molecule has 1 aliphatic carbocycles. The first-order chi connectivity index (χ1) is 11.7. The lowest BCUT2D eigenvalue weighted by molar-refractivity contribution is -0.157. The number of hydrogen-bond acceptors (Lipinski definition) is 5. The molecule has 0 amide bonds. The molecule has 2 rings (SSSR count). The predicted octanol–water partition coefficient (Wildman–Crippen LogP) is 3.31. The zero-order valence-corrected chi connectivity index (χ0v) is 15.5.